The van der Waals surface area contributed by atoms with E-state index >= 15 is 0 Å². The van der Waals surface area contributed by atoms with Crippen LogP contribution in [0.4, 0.5) is 0 Å². The van der Waals surface area contributed by atoms with Gasteiger partial charge in [0.25, 0.3) is 0 Å². The van der Waals surface area contributed by atoms with E-state index in [-0.39, 0.29) is 23.3 Å². The van der Waals surface area contributed by atoms with Crippen molar-refractivity contribution in [3.8, 4) is 11.5 Å². The number of hydrogen-bond acceptors (Lipinski definition) is 5. The lowest BCUT2D eigenvalue weighted by Crippen LogP contribution is -2.45. The molecule has 0 saturated carbocycles. The highest BCUT2D eigenvalue weighted by atomic mass is 32.2. The van der Waals surface area contributed by atoms with E-state index in [1.54, 1.807) is 37.3 Å². The first-order valence-corrected chi connectivity index (χ1v) is 12.3. The summed E-state index contributed by atoms with van der Waals surface area (Å²) in [6.07, 6.45) is 1.34. The van der Waals surface area contributed by atoms with Gasteiger partial charge < -0.3 is 14.4 Å². The Bertz CT molecular complexity index is 1040. The van der Waals surface area contributed by atoms with Crippen LogP contribution in [-0.2, 0) is 21.4 Å². The topological polar surface area (TPSA) is 76.2 Å². The van der Waals surface area contributed by atoms with Gasteiger partial charge in [-0.25, -0.2) is 8.42 Å². The third kappa shape index (κ3) is 5.42. The molecule has 0 aliphatic carbocycles. The van der Waals surface area contributed by atoms with Crippen LogP contribution in [0.3, 0.4) is 0 Å². The third-order valence-electron chi connectivity index (χ3n) is 5.77. The number of amides is 1. The summed E-state index contributed by atoms with van der Waals surface area (Å²) >= 11 is 0. The predicted octanol–water partition coefficient (Wildman–Crippen LogP) is 3.46. The summed E-state index contributed by atoms with van der Waals surface area (Å²) in [6.45, 7) is 5.32. The fourth-order valence-electron chi connectivity index (χ4n) is 4.01. The first-order valence-electron chi connectivity index (χ1n) is 10.9. The van der Waals surface area contributed by atoms with Crippen LogP contribution in [0.2, 0.25) is 0 Å². The van der Waals surface area contributed by atoms with Crippen molar-refractivity contribution in [3.63, 3.8) is 0 Å². The van der Waals surface area contributed by atoms with Crippen molar-refractivity contribution in [2.24, 2.45) is 5.92 Å². The van der Waals surface area contributed by atoms with Crippen LogP contribution in [-0.4, -0.2) is 57.4 Å². The van der Waals surface area contributed by atoms with Gasteiger partial charge in [0.2, 0.25) is 15.9 Å². The number of piperidine rings is 1. The van der Waals surface area contributed by atoms with Gasteiger partial charge in [0.1, 0.15) is 11.5 Å². The van der Waals surface area contributed by atoms with Gasteiger partial charge in [-0.05, 0) is 68.1 Å². The van der Waals surface area contributed by atoms with E-state index in [9.17, 15) is 13.2 Å². The molecule has 1 amide bonds. The second-order valence-electron chi connectivity index (χ2n) is 8.10. The maximum Gasteiger partial charge on any atom is 0.243 e. The van der Waals surface area contributed by atoms with Gasteiger partial charge in [-0.2, -0.15) is 4.31 Å². The number of carbonyl (C=O) groups excluding carboxylic acids is 1. The van der Waals surface area contributed by atoms with Crippen molar-refractivity contribution in [2.75, 3.05) is 33.9 Å². The highest BCUT2D eigenvalue weighted by Crippen LogP contribution is 2.28. The average molecular weight is 461 g/mol. The third-order valence-corrected chi connectivity index (χ3v) is 7.63. The molecule has 8 heteroatoms. The number of carbonyl (C=O) groups is 1. The monoisotopic (exact) mass is 460 g/mol. The largest absolute Gasteiger partial charge is 0.497 e. The van der Waals surface area contributed by atoms with Crippen molar-refractivity contribution in [1.82, 2.24) is 9.21 Å². The number of benzene rings is 2. The Labute approximate surface area is 191 Å². The maximum absolute atomic E-state index is 13.2. The molecule has 1 atom stereocenters. The first kappa shape index (κ1) is 24.1. The highest BCUT2D eigenvalue weighted by molar-refractivity contribution is 7.89. The van der Waals surface area contributed by atoms with Crippen molar-refractivity contribution >= 4 is 15.9 Å². The van der Waals surface area contributed by atoms with E-state index in [1.807, 2.05) is 38.1 Å². The molecular weight excluding hydrogens is 428 g/mol. The van der Waals surface area contributed by atoms with Crippen LogP contribution in [0.1, 0.15) is 30.9 Å². The molecule has 0 bridgehead atoms. The molecule has 7 nitrogen and oxygen atoms in total. The van der Waals surface area contributed by atoms with Crippen molar-refractivity contribution in [1.29, 1.82) is 0 Å². The van der Waals surface area contributed by atoms with Gasteiger partial charge in [-0.1, -0.05) is 12.1 Å². The summed E-state index contributed by atoms with van der Waals surface area (Å²) < 4.78 is 38.6. The standard InChI is InChI=1S/C24H32N2O5S/c1-5-31-23-13-12-22(15-18(23)2)32(28,29)26-14-6-7-20(17-26)24(27)25(3)16-19-8-10-21(30-4)11-9-19/h8-13,15,20H,5-7,14,16-17H2,1-4H3. The van der Waals surface area contributed by atoms with Crippen LogP contribution in [0, 0.1) is 12.8 Å². The minimum atomic E-state index is -3.68. The molecule has 2 aromatic carbocycles. The fraction of sp³-hybridized carbons (Fsp3) is 0.458. The molecule has 3 rings (SSSR count). The Morgan fingerprint density at radius 2 is 1.91 bits per heavy atom. The molecule has 1 aliphatic heterocycles. The number of aryl methyl sites for hydroxylation is 1. The van der Waals surface area contributed by atoms with Crippen LogP contribution >= 0.6 is 0 Å². The first-order chi connectivity index (χ1) is 15.3. The van der Waals surface area contributed by atoms with Gasteiger partial charge in [0.05, 0.1) is 24.5 Å². The number of rotatable bonds is 8. The summed E-state index contributed by atoms with van der Waals surface area (Å²) in [4.78, 5) is 15.0. The number of ether oxygens (including phenoxy) is 2. The van der Waals surface area contributed by atoms with Gasteiger partial charge in [0.15, 0.2) is 0 Å². The van der Waals surface area contributed by atoms with Crippen molar-refractivity contribution in [2.45, 2.75) is 38.1 Å². The summed E-state index contributed by atoms with van der Waals surface area (Å²) in [6, 6.07) is 12.5. The smallest absolute Gasteiger partial charge is 0.243 e. The van der Waals surface area contributed by atoms with Crippen LogP contribution < -0.4 is 9.47 Å². The zero-order valence-electron chi connectivity index (χ0n) is 19.2. The molecule has 0 aromatic heterocycles. The number of nitrogens with zero attached hydrogens (tertiary/aromatic N) is 2. The lowest BCUT2D eigenvalue weighted by Gasteiger charge is -2.33. The summed E-state index contributed by atoms with van der Waals surface area (Å²) in [5.41, 5.74) is 1.77. The molecule has 2 aromatic rings. The lowest BCUT2D eigenvalue weighted by atomic mass is 9.98. The van der Waals surface area contributed by atoms with Crippen LogP contribution in [0.15, 0.2) is 47.4 Å². The normalized spacial score (nSPS) is 17.1. The number of hydrogen-bond donors (Lipinski definition) is 0. The average Bonchev–Trinajstić information content (AvgIpc) is 2.80. The molecular formula is C24H32N2O5S. The molecule has 174 valence electrons. The Morgan fingerprint density at radius 1 is 1.19 bits per heavy atom. The molecule has 0 radical (unpaired) electrons. The van der Waals surface area contributed by atoms with Gasteiger partial charge >= 0.3 is 0 Å². The minimum absolute atomic E-state index is 0.0383. The summed E-state index contributed by atoms with van der Waals surface area (Å²) in [7, 11) is -0.309. The second kappa shape index (κ2) is 10.4. The summed E-state index contributed by atoms with van der Waals surface area (Å²) in [5, 5.41) is 0. The van der Waals surface area contributed by atoms with E-state index in [1.165, 1.54) is 4.31 Å². The predicted molar refractivity (Wildman–Crippen MR) is 123 cm³/mol. The van der Waals surface area contributed by atoms with Gasteiger partial charge in [-0.15, -0.1) is 0 Å². The Hall–Kier alpha value is -2.58. The van der Waals surface area contributed by atoms with Gasteiger partial charge in [-0.3, -0.25) is 4.79 Å². The lowest BCUT2D eigenvalue weighted by molar-refractivity contribution is -0.135. The van der Waals surface area contributed by atoms with Crippen molar-refractivity contribution < 1.29 is 22.7 Å². The maximum atomic E-state index is 13.2. The molecule has 0 N–H and O–H groups in total. The van der Waals surface area contributed by atoms with E-state index in [4.69, 9.17) is 9.47 Å². The SMILES string of the molecule is CCOc1ccc(S(=O)(=O)N2CCCC(C(=O)N(C)Cc3ccc(OC)cc3)C2)cc1C. The zero-order chi connectivity index (χ0) is 23.3. The molecule has 1 fully saturated rings. The quantitative estimate of drug-likeness (QED) is 0.603. The summed E-state index contributed by atoms with van der Waals surface area (Å²) in [5.74, 6) is 1.05. The molecule has 1 saturated heterocycles. The zero-order valence-corrected chi connectivity index (χ0v) is 20.0. The van der Waals surface area contributed by atoms with Crippen LogP contribution in [0.5, 0.6) is 11.5 Å². The second-order valence-corrected chi connectivity index (χ2v) is 10.0. The molecule has 1 unspecified atom stereocenters. The highest BCUT2D eigenvalue weighted by Gasteiger charge is 2.34. The van der Waals surface area contributed by atoms with Gasteiger partial charge in [0, 0.05) is 26.7 Å². The molecule has 32 heavy (non-hydrogen) atoms. The molecule has 1 aliphatic rings. The van der Waals surface area contributed by atoms with Crippen LogP contribution in [0.25, 0.3) is 0 Å². The Morgan fingerprint density at radius 3 is 2.53 bits per heavy atom. The number of sulfonamides is 1. The van der Waals surface area contributed by atoms with E-state index in [0.717, 1.165) is 16.9 Å². The van der Waals surface area contributed by atoms with E-state index < -0.39 is 10.0 Å². The number of methoxy groups -OCH3 is 1. The van der Waals surface area contributed by atoms with E-state index in [0.29, 0.717) is 38.3 Å². The van der Waals surface area contributed by atoms with E-state index in [2.05, 4.69) is 0 Å². The Balaban J connectivity index is 1.69. The molecule has 0 spiro atoms. The Kier molecular flexibility index (Phi) is 7.79. The minimum Gasteiger partial charge on any atom is -0.497 e. The fourth-order valence-corrected chi connectivity index (χ4v) is 5.62. The van der Waals surface area contributed by atoms with Crippen molar-refractivity contribution in [3.05, 3.63) is 53.6 Å². The molecule has 1 heterocycles.